The van der Waals surface area contributed by atoms with Gasteiger partial charge in [0.2, 0.25) is 0 Å². The molecule has 1 saturated heterocycles. The summed E-state index contributed by atoms with van der Waals surface area (Å²) in [5, 5.41) is 3.85. The molecule has 2 aliphatic carbocycles. The maximum atomic E-state index is 3.85. The number of nitrogens with zero attached hydrogens (tertiary/aromatic N) is 1. The van der Waals surface area contributed by atoms with E-state index in [1.807, 2.05) is 0 Å². The van der Waals surface area contributed by atoms with Gasteiger partial charge in [0.25, 0.3) is 0 Å². The first-order chi connectivity index (χ1) is 10.2. The van der Waals surface area contributed by atoms with E-state index >= 15 is 0 Å². The van der Waals surface area contributed by atoms with Crippen LogP contribution >= 0.6 is 0 Å². The van der Waals surface area contributed by atoms with Gasteiger partial charge in [-0.15, -0.1) is 0 Å². The maximum absolute atomic E-state index is 3.85. The summed E-state index contributed by atoms with van der Waals surface area (Å²) in [5.41, 5.74) is 0.303. The fourth-order valence-electron chi connectivity index (χ4n) is 5.07. The molecule has 0 amide bonds. The Labute approximate surface area is 132 Å². The zero-order valence-corrected chi connectivity index (χ0v) is 14.4. The Hall–Kier alpha value is -0.0800. The molecule has 2 heteroatoms. The minimum Gasteiger partial charge on any atom is -0.309 e. The van der Waals surface area contributed by atoms with Crippen molar-refractivity contribution in [2.75, 3.05) is 13.1 Å². The van der Waals surface area contributed by atoms with Crippen molar-refractivity contribution in [2.45, 2.75) is 102 Å². The molecule has 0 aromatic carbocycles. The van der Waals surface area contributed by atoms with Crippen LogP contribution in [0, 0.1) is 5.92 Å². The van der Waals surface area contributed by atoms with Crippen LogP contribution in [0.1, 0.15) is 84.5 Å². The molecule has 1 unspecified atom stereocenters. The standard InChI is InChI=1S/C19H36N2/c1-19(2)15-21(17-12-8-3-4-9-13-17)18(14-20-19)16-10-6-5-7-11-16/h16-18,20H,3-15H2,1-2H3. The molecule has 0 bridgehead atoms. The molecule has 2 saturated carbocycles. The van der Waals surface area contributed by atoms with E-state index in [1.165, 1.54) is 83.7 Å². The van der Waals surface area contributed by atoms with Gasteiger partial charge in [-0.25, -0.2) is 0 Å². The van der Waals surface area contributed by atoms with E-state index in [2.05, 4.69) is 24.1 Å². The molecular weight excluding hydrogens is 256 g/mol. The second-order valence-electron chi connectivity index (χ2n) is 8.55. The lowest BCUT2D eigenvalue weighted by molar-refractivity contribution is 0.00964. The molecule has 1 aliphatic heterocycles. The predicted octanol–water partition coefficient (Wildman–Crippen LogP) is 4.34. The first kappa shape index (κ1) is 15.8. The highest BCUT2D eigenvalue weighted by Gasteiger charge is 2.39. The van der Waals surface area contributed by atoms with Crippen molar-refractivity contribution in [3.8, 4) is 0 Å². The Kier molecular flexibility index (Phi) is 5.27. The van der Waals surface area contributed by atoms with Gasteiger partial charge in [-0.2, -0.15) is 0 Å². The molecule has 1 atom stereocenters. The summed E-state index contributed by atoms with van der Waals surface area (Å²) < 4.78 is 0. The smallest absolute Gasteiger partial charge is 0.0253 e. The summed E-state index contributed by atoms with van der Waals surface area (Å²) in [7, 11) is 0. The Morgan fingerprint density at radius 2 is 1.38 bits per heavy atom. The molecule has 3 fully saturated rings. The van der Waals surface area contributed by atoms with E-state index in [4.69, 9.17) is 0 Å². The van der Waals surface area contributed by atoms with Crippen molar-refractivity contribution in [1.29, 1.82) is 0 Å². The number of piperazine rings is 1. The molecule has 0 aromatic heterocycles. The van der Waals surface area contributed by atoms with Crippen LogP contribution < -0.4 is 5.32 Å². The van der Waals surface area contributed by atoms with Gasteiger partial charge >= 0.3 is 0 Å². The first-order valence-corrected chi connectivity index (χ1v) is 9.66. The summed E-state index contributed by atoms with van der Waals surface area (Å²) in [6.45, 7) is 7.29. The predicted molar refractivity (Wildman–Crippen MR) is 90.6 cm³/mol. The molecule has 2 nitrogen and oxygen atoms in total. The lowest BCUT2D eigenvalue weighted by Gasteiger charge is -2.51. The lowest BCUT2D eigenvalue weighted by atomic mass is 9.80. The molecule has 21 heavy (non-hydrogen) atoms. The van der Waals surface area contributed by atoms with Gasteiger partial charge in [0.15, 0.2) is 0 Å². The number of rotatable bonds is 2. The van der Waals surface area contributed by atoms with E-state index in [0.717, 1.165) is 18.0 Å². The maximum Gasteiger partial charge on any atom is 0.0253 e. The number of hydrogen-bond acceptors (Lipinski definition) is 2. The molecule has 0 radical (unpaired) electrons. The van der Waals surface area contributed by atoms with Crippen molar-refractivity contribution in [2.24, 2.45) is 5.92 Å². The summed E-state index contributed by atoms with van der Waals surface area (Å²) >= 11 is 0. The summed E-state index contributed by atoms with van der Waals surface area (Å²) in [6, 6.07) is 1.70. The monoisotopic (exact) mass is 292 g/mol. The zero-order chi connectivity index (χ0) is 14.7. The van der Waals surface area contributed by atoms with Gasteiger partial charge in [-0.1, -0.05) is 44.9 Å². The quantitative estimate of drug-likeness (QED) is 0.762. The van der Waals surface area contributed by atoms with Crippen LogP contribution in [0.5, 0.6) is 0 Å². The second kappa shape index (κ2) is 7.00. The summed E-state index contributed by atoms with van der Waals surface area (Å²) in [5.74, 6) is 0.964. The van der Waals surface area contributed by atoms with Gasteiger partial charge in [-0.05, 0) is 45.4 Å². The van der Waals surface area contributed by atoms with Gasteiger partial charge in [-0.3, -0.25) is 4.90 Å². The van der Waals surface area contributed by atoms with E-state index in [9.17, 15) is 0 Å². The number of hydrogen-bond donors (Lipinski definition) is 1. The van der Waals surface area contributed by atoms with Gasteiger partial charge < -0.3 is 5.32 Å². The van der Waals surface area contributed by atoms with Crippen LogP contribution in [0.15, 0.2) is 0 Å². The molecule has 3 rings (SSSR count). The van der Waals surface area contributed by atoms with Crippen LogP contribution in [-0.2, 0) is 0 Å². The van der Waals surface area contributed by atoms with Crippen molar-refractivity contribution in [3.05, 3.63) is 0 Å². The third-order valence-electron chi connectivity index (χ3n) is 6.28. The Balaban J connectivity index is 1.72. The molecule has 3 aliphatic rings. The van der Waals surface area contributed by atoms with Crippen LogP contribution in [0.3, 0.4) is 0 Å². The van der Waals surface area contributed by atoms with Crippen molar-refractivity contribution < 1.29 is 0 Å². The highest BCUT2D eigenvalue weighted by molar-refractivity contribution is 4.98. The number of nitrogens with one attached hydrogen (secondary N) is 1. The molecule has 1 heterocycles. The fourth-order valence-corrected chi connectivity index (χ4v) is 5.07. The highest BCUT2D eigenvalue weighted by Crippen LogP contribution is 2.35. The fraction of sp³-hybridized carbons (Fsp3) is 1.00. The van der Waals surface area contributed by atoms with Crippen LogP contribution in [0.25, 0.3) is 0 Å². The SMILES string of the molecule is CC1(C)CN(C2CCCCCC2)C(C2CCCCC2)CN1. The van der Waals surface area contributed by atoms with Gasteiger partial charge in [0.1, 0.15) is 0 Å². The van der Waals surface area contributed by atoms with Gasteiger partial charge in [0, 0.05) is 30.7 Å². The average Bonchev–Trinajstić information content (AvgIpc) is 2.76. The molecule has 0 spiro atoms. The lowest BCUT2D eigenvalue weighted by Crippen LogP contribution is -2.65. The summed E-state index contributed by atoms with van der Waals surface area (Å²) in [4.78, 5) is 2.97. The van der Waals surface area contributed by atoms with E-state index in [1.54, 1.807) is 0 Å². The van der Waals surface area contributed by atoms with E-state index < -0.39 is 0 Å². The minimum atomic E-state index is 0.303. The molecule has 122 valence electrons. The zero-order valence-electron chi connectivity index (χ0n) is 14.4. The Bertz CT molecular complexity index is 312. The molecule has 0 aromatic rings. The summed E-state index contributed by atoms with van der Waals surface area (Å²) in [6.07, 6.45) is 16.2. The van der Waals surface area contributed by atoms with E-state index in [0.29, 0.717) is 5.54 Å². The highest BCUT2D eigenvalue weighted by atomic mass is 15.3. The molecule has 1 N–H and O–H groups in total. The molecular formula is C19H36N2. The topological polar surface area (TPSA) is 15.3 Å². The third kappa shape index (κ3) is 4.01. The average molecular weight is 293 g/mol. The Morgan fingerprint density at radius 3 is 2.05 bits per heavy atom. The van der Waals surface area contributed by atoms with Crippen molar-refractivity contribution >= 4 is 0 Å². The van der Waals surface area contributed by atoms with Gasteiger partial charge in [0.05, 0.1) is 0 Å². The second-order valence-corrected chi connectivity index (χ2v) is 8.55. The van der Waals surface area contributed by atoms with Crippen LogP contribution in [0.2, 0.25) is 0 Å². The van der Waals surface area contributed by atoms with Crippen LogP contribution in [0.4, 0.5) is 0 Å². The largest absolute Gasteiger partial charge is 0.309 e. The van der Waals surface area contributed by atoms with Crippen molar-refractivity contribution in [3.63, 3.8) is 0 Å². The first-order valence-electron chi connectivity index (χ1n) is 9.66. The van der Waals surface area contributed by atoms with E-state index in [-0.39, 0.29) is 0 Å². The van der Waals surface area contributed by atoms with Crippen LogP contribution in [-0.4, -0.2) is 35.6 Å². The minimum absolute atomic E-state index is 0.303. The third-order valence-corrected chi connectivity index (χ3v) is 6.28. The van der Waals surface area contributed by atoms with Crippen molar-refractivity contribution in [1.82, 2.24) is 10.2 Å². The normalized spacial score (nSPS) is 33.7. The Morgan fingerprint density at radius 1 is 0.810 bits per heavy atom.